The van der Waals surface area contributed by atoms with Crippen LogP contribution in [0, 0.1) is 0 Å². The number of nitrogens with one attached hydrogen (secondary N) is 1. The van der Waals surface area contributed by atoms with Gasteiger partial charge in [0.2, 0.25) is 0 Å². The highest BCUT2D eigenvalue weighted by Gasteiger charge is 2.17. The van der Waals surface area contributed by atoms with E-state index in [0.29, 0.717) is 11.4 Å². The van der Waals surface area contributed by atoms with Gasteiger partial charge in [0.05, 0.1) is 18.3 Å². The van der Waals surface area contributed by atoms with E-state index in [2.05, 4.69) is 5.32 Å². The molecule has 1 heterocycles. The van der Waals surface area contributed by atoms with Crippen molar-refractivity contribution in [2.45, 2.75) is 6.04 Å². The van der Waals surface area contributed by atoms with Crippen molar-refractivity contribution < 1.29 is 14.6 Å². The second kappa shape index (κ2) is 3.88. The lowest BCUT2D eigenvalue weighted by Crippen LogP contribution is -2.25. The standard InChI is InChI=1S/C10H12N2O3/c11-7(4-13)6-1-2-9-8(3-6)12-10(14)5-15-9/h1-3,7,13H,4-5,11H2,(H,12,14)/t7-/m0/s1. The van der Waals surface area contributed by atoms with Gasteiger partial charge in [-0.15, -0.1) is 0 Å². The molecule has 1 aliphatic heterocycles. The summed E-state index contributed by atoms with van der Waals surface area (Å²) >= 11 is 0. The van der Waals surface area contributed by atoms with Crippen LogP contribution in [0.1, 0.15) is 11.6 Å². The molecular formula is C10H12N2O3. The van der Waals surface area contributed by atoms with Crippen LogP contribution in [0.15, 0.2) is 18.2 Å². The normalized spacial score (nSPS) is 16.3. The molecule has 1 atom stereocenters. The first-order valence-electron chi connectivity index (χ1n) is 4.63. The van der Waals surface area contributed by atoms with Gasteiger partial charge in [0.15, 0.2) is 6.61 Å². The minimum atomic E-state index is -0.436. The average Bonchev–Trinajstić information content (AvgIpc) is 2.27. The number of amides is 1. The molecule has 0 aliphatic carbocycles. The van der Waals surface area contributed by atoms with Crippen molar-refractivity contribution in [1.29, 1.82) is 0 Å². The van der Waals surface area contributed by atoms with Gasteiger partial charge in [-0.1, -0.05) is 6.07 Å². The van der Waals surface area contributed by atoms with Crippen molar-refractivity contribution in [3.8, 4) is 5.75 Å². The Balaban J connectivity index is 2.32. The molecule has 1 aromatic rings. The minimum absolute atomic E-state index is 0.0401. The van der Waals surface area contributed by atoms with E-state index >= 15 is 0 Å². The zero-order valence-electron chi connectivity index (χ0n) is 8.06. The van der Waals surface area contributed by atoms with Gasteiger partial charge in [-0.25, -0.2) is 0 Å². The van der Waals surface area contributed by atoms with Gasteiger partial charge in [-0.05, 0) is 17.7 Å². The number of benzene rings is 1. The van der Waals surface area contributed by atoms with Crippen LogP contribution >= 0.6 is 0 Å². The second-order valence-electron chi connectivity index (χ2n) is 3.38. The van der Waals surface area contributed by atoms with Crippen LogP contribution < -0.4 is 15.8 Å². The number of carbonyl (C=O) groups is 1. The van der Waals surface area contributed by atoms with Gasteiger partial charge in [0.1, 0.15) is 5.75 Å². The summed E-state index contributed by atoms with van der Waals surface area (Å²) in [6, 6.07) is 4.79. The monoisotopic (exact) mass is 208 g/mol. The molecule has 1 amide bonds. The van der Waals surface area contributed by atoms with Crippen LogP contribution in [-0.4, -0.2) is 24.2 Å². The van der Waals surface area contributed by atoms with Crippen LogP contribution in [-0.2, 0) is 4.79 Å². The molecule has 0 bridgehead atoms. The van der Waals surface area contributed by atoms with Crippen LogP contribution in [0.2, 0.25) is 0 Å². The molecule has 5 heteroatoms. The molecule has 0 saturated carbocycles. The van der Waals surface area contributed by atoms with Crippen molar-refractivity contribution in [2.24, 2.45) is 5.73 Å². The number of hydrogen-bond acceptors (Lipinski definition) is 4. The number of aliphatic hydroxyl groups excluding tert-OH is 1. The number of nitrogens with two attached hydrogens (primary N) is 1. The fourth-order valence-corrected chi connectivity index (χ4v) is 1.44. The quantitative estimate of drug-likeness (QED) is 0.639. The largest absolute Gasteiger partial charge is 0.482 e. The average molecular weight is 208 g/mol. The Morgan fingerprint density at radius 2 is 2.40 bits per heavy atom. The molecule has 0 aromatic heterocycles. The van der Waals surface area contributed by atoms with E-state index < -0.39 is 6.04 Å². The highest BCUT2D eigenvalue weighted by molar-refractivity contribution is 5.95. The van der Waals surface area contributed by atoms with Gasteiger partial charge in [-0.2, -0.15) is 0 Å². The molecule has 1 aliphatic rings. The summed E-state index contributed by atoms with van der Waals surface area (Å²) in [5.41, 5.74) is 7.03. The number of carbonyl (C=O) groups excluding carboxylic acids is 1. The Kier molecular flexibility index (Phi) is 2.57. The van der Waals surface area contributed by atoms with E-state index in [1.165, 1.54) is 0 Å². The van der Waals surface area contributed by atoms with E-state index in [1.807, 2.05) is 0 Å². The fraction of sp³-hybridized carbons (Fsp3) is 0.300. The van der Waals surface area contributed by atoms with E-state index in [-0.39, 0.29) is 19.1 Å². The Morgan fingerprint density at radius 1 is 1.60 bits per heavy atom. The lowest BCUT2D eigenvalue weighted by atomic mass is 10.1. The molecule has 0 fully saturated rings. The molecule has 15 heavy (non-hydrogen) atoms. The van der Waals surface area contributed by atoms with Gasteiger partial charge < -0.3 is 20.9 Å². The van der Waals surface area contributed by atoms with Crippen LogP contribution in [0.25, 0.3) is 0 Å². The molecule has 0 saturated heterocycles. The summed E-state index contributed by atoms with van der Waals surface area (Å²) in [5, 5.41) is 11.6. The summed E-state index contributed by atoms with van der Waals surface area (Å²) in [7, 11) is 0. The zero-order valence-corrected chi connectivity index (χ0v) is 8.06. The lowest BCUT2D eigenvalue weighted by Gasteiger charge is -2.19. The maximum absolute atomic E-state index is 11.1. The maximum atomic E-state index is 11.1. The van der Waals surface area contributed by atoms with Crippen molar-refractivity contribution in [3.05, 3.63) is 23.8 Å². The SMILES string of the molecule is N[C@@H](CO)c1ccc2c(c1)NC(=O)CO2. The van der Waals surface area contributed by atoms with E-state index in [0.717, 1.165) is 5.56 Å². The molecular weight excluding hydrogens is 196 g/mol. The third-order valence-corrected chi connectivity index (χ3v) is 2.26. The fourth-order valence-electron chi connectivity index (χ4n) is 1.44. The molecule has 0 unspecified atom stereocenters. The van der Waals surface area contributed by atoms with Crippen LogP contribution in [0.3, 0.4) is 0 Å². The van der Waals surface area contributed by atoms with E-state index in [9.17, 15) is 4.79 Å². The predicted molar refractivity (Wildman–Crippen MR) is 54.6 cm³/mol. The third-order valence-electron chi connectivity index (χ3n) is 2.26. The first-order chi connectivity index (χ1) is 7.20. The van der Waals surface area contributed by atoms with Gasteiger partial charge >= 0.3 is 0 Å². The third kappa shape index (κ3) is 1.93. The molecule has 2 rings (SSSR count). The molecule has 0 spiro atoms. The number of ether oxygens (including phenoxy) is 1. The first kappa shape index (κ1) is 9.95. The molecule has 4 N–H and O–H groups in total. The smallest absolute Gasteiger partial charge is 0.262 e. The van der Waals surface area contributed by atoms with Crippen molar-refractivity contribution in [1.82, 2.24) is 0 Å². The molecule has 80 valence electrons. The van der Waals surface area contributed by atoms with Crippen LogP contribution in [0.4, 0.5) is 5.69 Å². The predicted octanol–water partition coefficient (Wildman–Crippen LogP) is 0.00960. The topological polar surface area (TPSA) is 84.6 Å². The van der Waals surface area contributed by atoms with Crippen molar-refractivity contribution >= 4 is 11.6 Å². The Morgan fingerprint density at radius 3 is 3.13 bits per heavy atom. The Labute approximate surface area is 86.8 Å². The van der Waals surface area contributed by atoms with Gasteiger partial charge in [-0.3, -0.25) is 4.79 Å². The number of anilines is 1. The summed E-state index contributed by atoms with van der Waals surface area (Å²) in [4.78, 5) is 11.1. The molecule has 0 radical (unpaired) electrons. The maximum Gasteiger partial charge on any atom is 0.262 e. The lowest BCUT2D eigenvalue weighted by molar-refractivity contribution is -0.118. The minimum Gasteiger partial charge on any atom is -0.482 e. The number of rotatable bonds is 2. The Hall–Kier alpha value is -1.59. The van der Waals surface area contributed by atoms with Gasteiger partial charge in [0.25, 0.3) is 5.91 Å². The van der Waals surface area contributed by atoms with Gasteiger partial charge in [0, 0.05) is 0 Å². The Bertz CT molecular complexity index is 392. The van der Waals surface area contributed by atoms with Crippen molar-refractivity contribution in [3.63, 3.8) is 0 Å². The summed E-state index contributed by atoms with van der Waals surface area (Å²) < 4.78 is 5.19. The number of aliphatic hydroxyl groups is 1. The summed E-state index contributed by atoms with van der Waals surface area (Å²) in [6.07, 6.45) is 0. The van der Waals surface area contributed by atoms with E-state index in [1.54, 1.807) is 18.2 Å². The van der Waals surface area contributed by atoms with Crippen molar-refractivity contribution in [2.75, 3.05) is 18.5 Å². The number of fused-ring (bicyclic) bond motifs is 1. The molecule has 5 nitrogen and oxygen atoms in total. The molecule has 1 aromatic carbocycles. The zero-order chi connectivity index (χ0) is 10.8. The summed E-state index contributed by atoms with van der Waals surface area (Å²) in [6.45, 7) is -0.0913. The highest BCUT2D eigenvalue weighted by atomic mass is 16.5. The highest BCUT2D eigenvalue weighted by Crippen LogP contribution is 2.29. The van der Waals surface area contributed by atoms with Crippen LogP contribution in [0.5, 0.6) is 5.75 Å². The second-order valence-corrected chi connectivity index (χ2v) is 3.38. The first-order valence-corrected chi connectivity index (χ1v) is 4.63. The van der Waals surface area contributed by atoms with E-state index in [4.69, 9.17) is 15.6 Å². The number of hydrogen-bond donors (Lipinski definition) is 3. The summed E-state index contributed by atoms with van der Waals surface area (Å²) in [5.74, 6) is 0.445.